The number of aromatic amines is 1. The molecule has 0 fully saturated rings. The number of pyridine rings is 1. The second-order valence-corrected chi connectivity index (χ2v) is 8.55. The number of H-pyrrole nitrogens is 1. The lowest BCUT2D eigenvalue weighted by Gasteiger charge is -2.41. The molecule has 2 aromatic heterocycles. The van der Waals surface area contributed by atoms with Crippen LogP contribution in [0.5, 0.6) is 0 Å². The smallest absolute Gasteiger partial charge is 0.411 e. The minimum absolute atomic E-state index is 0.224. The zero-order chi connectivity index (χ0) is 21.8. The highest BCUT2D eigenvalue weighted by Crippen LogP contribution is 2.37. The Morgan fingerprint density at radius 3 is 2.45 bits per heavy atom. The number of benzene rings is 2. The summed E-state index contributed by atoms with van der Waals surface area (Å²) in [5, 5.41) is 1.10. The number of nitrogens with one attached hydrogen (secondary N) is 1. The van der Waals surface area contributed by atoms with Crippen molar-refractivity contribution in [2.75, 3.05) is 0 Å². The number of aromatic nitrogens is 2. The summed E-state index contributed by atoms with van der Waals surface area (Å²) in [5.41, 5.74) is 3.46. The van der Waals surface area contributed by atoms with Crippen LogP contribution in [0, 0.1) is 0 Å². The van der Waals surface area contributed by atoms with Gasteiger partial charge in [-0.05, 0) is 55.5 Å². The Kier molecular flexibility index (Phi) is 5.76. The molecule has 4 rings (SSSR count). The van der Waals surface area contributed by atoms with Crippen molar-refractivity contribution in [1.82, 2.24) is 14.9 Å². The van der Waals surface area contributed by atoms with Crippen LogP contribution in [0.4, 0.5) is 4.79 Å². The molecule has 0 saturated carbocycles. The fourth-order valence-corrected chi connectivity index (χ4v) is 3.91. The Hall–Kier alpha value is -3.60. The van der Waals surface area contributed by atoms with E-state index in [2.05, 4.69) is 22.1 Å². The second kappa shape index (κ2) is 8.64. The van der Waals surface area contributed by atoms with E-state index < -0.39 is 5.54 Å². The van der Waals surface area contributed by atoms with E-state index in [-0.39, 0.29) is 18.7 Å². The van der Waals surface area contributed by atoms with Crippen LogP contribution < -0.4 is 0 Å². The van der Waals surface area contributed by atoms with Crippen LogP contribution in [0.2, 0.25) is 0 Å². The van der Waals surface area contributed by atoms with E-state index >= 15 is 0 Å². The summed E-state index contributed by atoms with van der Waals surface area (Å²) >= 11 is 0. The third kappa shape index (κ3) is 4.45. The van der Waals surface area contributed by atoms with Crippen molar-refractivity contribution in [1.29, 1.82) is 0 Å². The molecule has 0 saturated heterocycles. The van der Waals surface area contributed by atoms with E-state index in [4.69, 9.17) is 4.74 Å². The highest BCUT2D eigenvalue weighted by Gasteiger charge is 2.37. The fourth-order valence-electron chi connectivity index (χ4n) is 3.91. The molecule has 0 radical (unpaired) electrons. The van der Waals surface area contributed by atoms with Crippen molar-refractivity contribution in [3.05, 3.63) is 102 Å². The van der Waals surface area contributed by atoms with E-state index in [1.807, 2.05) is 86.5 Å². The number of carbonyl (C=O) groups is 1. The first kappa shape index (κ1) is 20.7. The van der Waals surface area contributed by atoms with Crippen molar-refractivity contribution in [3.8, 4) is 0 Å². The molecule has 0 aliphatic rings. The van der Waals surface area contributed by atoms with E-state index in [1.54, 1.807) is 12.4 Å². The molecule has 0 aliphatic carbocycles. The predicted molar refractivity (Wildman–Crippen MR) is 123 cm³/mol. The van der Waals surface area contributed by atoms with E-state index in [1.165, 1.54) is 0 Å². The predicted octanol–water partition coefficient (Wildman–Crippen LogP) is 6.09. The highest BCUT2D eigenvalue weighted by atomic mass is 16.6. The fraction of sp³-hybridized carbons (Fsp3) is 0.231. The Balaban J connectivity index is 1.78. The molecule has 158 valence electrons. The minimum Gasteiger partial charge on any atom is -0.445 e. The Bertz CT molecular complexity index is 1150. The molecule has 5 nitrogen and oxygen atoms in total. The minimum atomic E-state index is -0.490. The van der Waals surface area contributed by atoms with Crippen molar-refractivity contribution >= 4 is 17.0 Å². The lowest BCUT2D eigenvalue weighted by Crippen LogP contribution is -2.48. The van der Waals surface area contributed by atoms with Crippen LogP contribution in [0.25, 0.3) is 10.9 Å². The molecular weight excluding hydrogens is 386 g/mol. The van der Waals surface area contributed by atoms with Crippen LogP contribution in [0.15, 0.2) is 85.3 Å². The van der Waals surface area contributed by atoms with Crippen LogP contribution in [0.3, 0.4) is 0 Å². The molecule has 2 aromatic carbocycles. The van der Waals surface area contributed by atoms with E-state index in [0.29, 0.717) is 0 Å². The summed E-state index contributed by atoms with van der Waals surface area (Å²) in [6.45, 7) is 6.31. The maximum Gasteiger partial charge on any atom is 0.411 e. The van der Waals surface area contributed by atoms with Gasteiger partial charge in [0.25, 0.3) is 0 Å². The zero-order valence-electron chi connectivity index (χ0n) is 18.1. The number of amides is 1. The molecule has 1 N–H and O–H groups in total. The maximum absolute atomic E-state index is 13.5. The zero-order valence-corrected chi connectivity index (χ0v) is 18.1. The maximum atomic E-state index is 13.5. The third-order valence-corrected chi connectivity index (χ3v) is 5.32. The van der Waals surface area contributed by atoms with E-state index in [0.717, 1.165) is 27.6 Å². The Morgan fingerprint density at radius 1 is 1.00 bits per heavy atom. The van der Waals surface area contributed by atoms with Crippen LogP contribution >= 0.6 is 0 Å². The van der Waals surface area contributed by atoms with Gasteiger partial charge in [0.15, 0.2) is 0 Å². The summed E-state index contributed by atoms with van der Waals surface area (Å²) in [4.78, 5) is 22.8. The largest absolute Gasteiger partial charge is 0.445 e. The summed E-state index contributed by atoms with van der Waals surface area (Å²) in [6, 6.07) is 21.5. The first-order chi connectivity index (χ1) is 14.9. The summed E-state index contributed by atoms with van der Waals surface area (Å²) < 4.78 is 5.80. The van der Waals surface area contributed by atoms with Crippen molar-refractivity contribution in [2.45, 2.75) is 39.0 Å². The van der Waals surface area contributed by atoms with Gasteiger partial charge in [0.05, 0.1) is 11.6 Å². The topological polar surface area (TPSA) is 58.2 Å². The van der Waals surface area contributed by atoms with Gasteiger partial charge in [-0.25, -0.2) is 4.79 Å². The number of ether oxygens (including phenoxy) is 1. The lowest BCUT2D eigenvalue weighted by molar-refractivity contribution is 0.0479. The first-order valence-electron chi connectivity index (χ1n) is 10.4. The standard InChI is InChI=1S/C26H27N3O2/c1-26(2,3)29(25(30)31-18-19-8-5-4-6-9-19)24(21-12-15-27-16-13-21)22-11-7-10-20-14-17-28-23(20)22/h4-17,24,28H,18H2,1-3H3. The van der Waals surface area contributed by atoms with Gasteiger partial charge in [-0.2, -0.15) is 0 Å². The van der Waals surface area contributed by atoms with Gasteiger partial charge in [-0.1, -0.05) is 48.5 Å². The summed E-state index contributed by atoms with van der Waals surface area (Å²) in [6.07, 6.45) is 5.08. The van der Waals surface area contributed by atoms with Gasteiger partial charge in [0.2, 0.25) is 0 Å². The second-order valence-electron chi connectivity index (χ2n) is 8.55. The number of para-hydroxylation sites is 1. The molecular formula is C26H27N3O2. The van der Waals surface area contributed by atoms with Gasteiger partial charge < -0.3 is 9.72 Å². The SMILES string of the molecule is CC(C)(C)N(C(=O)OCc1ccccc1)C(c1ccncc1)c1cccc2cc[nH]c12. The van der Waals surface area contributed by atoms with Gasteiger partial charge in [-0.3, -0.25) is 9.88 Å². The van der Waals surface area contributed by atoms with Crippen LogP contribution in [-0.2, 0) is 11.3 Å². The molecule has 0 bridgehead atoms. The molecule has 0 aliphatic heterocycles. The number of carbonyl (C=O) groups excluding carboxylic acids is 1. The molecule has 5 heteroatoms. The average Bonchev–Trinajstić information content (AvgIpc) is 3.25. The Morgan fingerprint density at radius 2 is 1.74 bits per heavy atom. The third-order valence-electron chi connectivity index (χ3n) is 5.32. The molecule has 4 aromatic rings. The molecule has 31 heavy (non-hydrogen) atoms. The van der Waals surface area contributed by atoms with Gasteiger partial charge in [0.1, 0.15) is 6.61 Å². The molecule has 0 spiro atoms. The monoisotopic (exact) mass is 413 g/mol. The molecule has 2 heterocycles. The highest BCUT2D eigenvalue weighted by molar-refractivity contribution is 5.84. The molecule has 1 unspecified atom stereocenters. The normalized spacial score (nSPS) is 12.5. The number of rotatable bonds is 5. The molecule has 1 amide bonds. The van der Waals surface area contributed by atoms with Gasteiger partial charge >= 0.3 is 6.09 Å². The first-order valence-corrected chi connectivity index (χ1v) is 10.4. The van der Waals surface area contributed by atoms with E-state index in [9.17, 15) is 4.79 Å². The van der Waals surface area contributed by atoms with Gasteiger partial charge in [0, 0.05) is 29.7 Å². The van der Waals surface area contributed by atoms with Crippen LogP contribution in [-0.4, -0.2) is 26.5 Å². The Labute approximate surface area is 182 Å². The van der Waals surface area contributed by atoms with Crippen molar-refractivity contribution < 1.29 is 9.53 Å². The number of hydrogen-bond donors (Lipinski definition) is 1. The summed E-state index contributed by atoms with van der Waals surface area (Å²) in [7, 11) is 0. The summed E-state index contributed by atoms with van der Waals surface area (Å²) in [5.74, 6) is 0. The number of nitrogens with zero attached hydrogens (tertiary/aromatic N) is 2. The van der Waals surface area contributed by atoms with Gasteiger partial charge in [-0.15, -0.1) is 0 Å². The average molecular weight is 414 g/mol. The van der Waals surface area contributed by atoms with Crippen molar-refractivity contribution in [2.24, 2.45) is 0 Å². The van der Waals surface area contributed by atoms with Crippen molar-refractivity contribution in [3.63, 3.8) is 0 Å². The van der Waals surface area contributed by atoms with Crippen LogP contribution in [0.1, 0.15) is 43.5 Å². The quantitative estimate of drug-likeness (QED) is 0.431. The number of fused-ring (bicyclic) bond motifs is 1. The molecule has 1 atom stereocenters. The number of hydrogen-bond acceptors (Lipinski definition) is 3. The lowest BCUT2D eigenvalue weighted by atomic mass is 9.92.